The molecule has 0 spiro atoms. The zero-order valence-electron chi connectivity index (χ0n) is 15.0. The molecule has 2 aromatic rings. The van der Waals surface area contributed by atoms with Gasteiger partial charge in [0.25, 0.3) is 0 Å². The highest BCUT2D eigenvalue weighted by Gasteiger charge is 2.49. The molecule has 3 aliphatic heterocycles. The second kappa shape index (κ2) is 7.25. The maximum atomic E-state index is 9.95. The quantitative estimate of drug-likeness (QED) is 0.669. The molecule has 2 N–H and O–H groups in total. The summed E-state index contributed by atoms with van der Waals surface area (Å²) in [5.41, 5.74) is 2.25. The van der Waals surface area contributed by atoms with Crippen LogP contribution in [0.1, 0.15) is 11.6 Å². The summed E-state index contributed by atoms with van der Waals surface area (Å²) in [4.78, 5) is 1.55. The normalized spacial score (nSPS) is 31.3. The van der Waals surface area contributed by atoms with Crippen molar-refractivity contribution in [1.82, 2.24) is 20.2 Å². The van der Waals surface area contributed by atoms with Gasteiger partial charge in [-0.3, -0.25) is 0 Å². The van der Waals surface area contributed by atoms with E-state index in [1.807, 2.05) is 0 Å². The molecule has 9 nitrogen and oxygen atoms in total. The van der Waals surface area contributed by atoms with E-state index in [9.17, 15) is 5.11 Å². The van der Waals surface area contributed by atoms with Gasteiger partial charge in [0, 0.05) is 11.1 Å². The van der Waals surface area contributed by atoms with Crippen LogP contribution in [0.2, 0.25) is 0 Å². The summed E-state index contributed by atoms with van der Waals surface area (Å²) in [6.07, 6.45) is -1.10. The van der Waals surface area contributed by atoms with Gasteiger partial charge in [0.05, 0.1) is 26.4 Å². The average molecular weight is 374 g/mol. The van der Waals surface area contributed by atoms with E-state index < -0.39 is 6.10 Å². The van der Waals surface area contributed by atoms with Crippen LogP contribution in [-0.2, 0) is 20.8 Å². The standard InChI is InChI=1S/C18H23N5O4/c24-15-11-27-16-14(10-26-17(15)16)23-18(19-20-21-23)13-3-1-12(2-4-13)9-22-5-7-25-8-6-22/h1-4,14-17,24H,5-11H2/p+1/t14-,15+,16+,17+/m0/s1. The Bertz CT molecular complexity index is 776. The Labute approximate surface area is 156 Å². The van der Waals surface area contributed by atoms with Crippen molar-refractivity contribution in [3.63, 3.8) is 0 Å². The second-order valence-electron chi connectivity index (χ2n) is 7.41. The van der Waals surface area contributed by atoms with E-state index in [2.05, 4.69) is 39.8 Å². The molecule has 0 aliphatic carbocycles. The number of quaternary nitrogens is 1. The summed E-state index contributed by atoms with van der Waals surface area (Å²) in [6.45, 7) is 5.51. The molecule has 0 unspecified atom stereocenters. The van der Waals surface area contributed by atoms with Gasteiger partial charge in [-0.15, -0.1) is 5.10 Å². The van der Waals surface area contributed by atoms with Crippen molar-refractivity contribution < 1.29 is 24.2 Å². The van der Waals surface area contributed by atoms with Crippen LogP contribution in [0.4, 0.5) is 0 Å². The lowest BCUT2D eigenvalue weighted by molar-refractivity contribution is -0.921. The summed E-state index contributed by atoms with van der Waals surface area (Å²) in [5.74, 6) is 0.694. The zero-order chi connectivity index (χ0) is 18.2. The lowest BCUT2D eigenvalue weighted by Crippen LogP contribution is -3.12. The first kappa shape index (κ1) is 17.2. The first-order chi connectivity index (χ1) is 13.3. The fraction of sp³-hybridized carbons (Fsp3) is 0.611. The van der Waals surface area contributed by atoms with E-state index in [4.69, 9.17) is 14.2 Å². The molecule has 1 aromatic heterocycles. The number of aromatic nitrogens is 4. The third-order valence-corrected chi connectivity index (χ3v) is 5.67. The minimum absolute atomic E-state index is 0.130. The second-order valence-corrected chi connectivity index (χ2v) is 7.41. The van der Waals surface area contributed by atoms with Crippen LogP contribution >= 0.6 is 0 Å². The summed E-state index contributed by atoms with van der Waals surface area (Å²) in [6, 6.07) is 8.28. The molecule has 144 valence electrons. The van der Waals surface area contributed by atoms with E-state index in [0.29, 0.717) is 19.0 Å². The molecular formula is C18H24N5O4+. The first-order valence-electron chi connectivity index (χ1n) is 9.49. The number of rotatable bonds is 4. The molecular weight excluding hydrogens is 350 g/mol. The lowest BCUT2D eigenvalue weighted by Gasteiger charge is -2.23. The molecule has 0 amide bonds. The van der Waals surface area contributed by atoms with Crippen LogP contribution in [0.5, 0.6) is 0 Å². The number of nitrogens with zero attached hydrogens (tertiary/aromatic N) is 4. The van der Waals surface area contributed by atoms with Gasteiger partial charge in [-0.1, -0.05) is 24.3 Å². The van der Waals surface area contributed by atoms with Crippen molar-refractivity contribution >= 4 is 0 Å². The number of aliphatic hydroxyl groups excluding tert-OH is 1. The Morgan fingerprint density at radius 3 is 2.67 bits per heavy atom. The van der Waals surface area contributed by atoms with Gasteiger partial charge in [-0.2, -0.15) is 0 Å². The summed E-state index contributed by atoms with van der Waals surface area (Å²) in [7, 11) is 0. The van der Waals surface area contributed by atoms with Crippen LogP contribution < -0.4 is 4.90 Å². The Balaban J connectivity index is 1.33. The molecule has 4 heterocycles. The van der Waals surface area contributed by atoms with Gasteiger partial charge < -0.3 is 24.2 Å². The van der Waals surface area contributed by atoms with Crippen molar-refractivity contribution in [2.24, 2.45) is 0 Å². The predicted octanol–water partition coefficient (Wildman–Crippen LogP) is -1.55. The number of morpholine rings is 1. The molecule has 3 fully saturated rings. The van der Waals surface area contributed by atoms with Gasteiger partial charge >= 0.3 is 0 Å². The van der Waals surface area contributed by atoms with Crippen molar-refractivity contribution in [1.29, 1.82) is 0 Å². The third-order valence-electron chi connectivity index (χ3n) is 5.67. The maximum Gasteiger partial charge on any atom is 0.182 e. The van der Waals surface area contributed by atoms with E-state index in [-0.39, 0.29) is 18.2 Å². The van der Waals surface area contributed by atoms with Crippen LogP contribution in [0.3, 0.4) is 0 Å². The Kier molecular flexibility index (Phi) is 4.62. The van der Waals surface area contributed by atoms with Gasteiger partial charge in [-0.25, -0.2) is 4.68 Å². The summed E-state index contributed by atoms with van der Waals surface area (Å²) >= 11 is 0. The Morgan fingerprint density at radius 2 is 1.85 bits per heavy atom. The molecule has 3 aliphatic rings. The number of ether oxygens (including phenoxy) is 3. The SMILES string of the molecule is O[C@@H]1CO[C@H]2[C@@H]1OC[C@@H]2n1nnnc1-c1ccc(C[NH+]2CCOCC2)cc1. The molecule has 0 radical (unpaired) electrons. The number of benzene rings is 1. The number of aliphatic hydroxyl groups is 1. The van der Waals surface area contributed by atoms with E-state index in [1.54, 1.807) is 9.58 Å². The highest BCUT2D eigenvalue weighted by atomic mass is 16.6. The topological polar surface area (TPSA) is 96.0 Å². The van der Waals surface area contributed by atoms with Gasteiger partial charge in [0.1, 0.15) is 44.0 Å². The fourth-order valence-corrected chi connectivity index (χ4v) is 4.17. The first-order valence-corrected chi connectivity index (χ1v) is 9.49. The van der Waals surface area contributed by atoms with Crippen LogP contribution in [0.25, 0.3) is 11.4 Å². The highest BCUT2D eigenvalue weighted by molar-refractivity contribution is 5.55. The molecule has 5 rings (SSSR count). The van der Waals surface area contributed by atoms with Gasteiger partial charge in [0.15, 0.2) is 5.82 Å². The molecule has 0 bridgehead atoms. The lowest BCUT2D eigenvalue weighted by atomic mass is 10.1. The van der Waals surface area contributed by atoms with Crippen molar-refractivity contribution in [3.05, 3.63) is 29.8 Å². The van der Waals surface area contributed by atoms with Crippen molar-refractivity contribution in [2.45, 2.75) is 30.9 Å². The minimum Gasteiger partial charge on any atom is -0.388 e. The van der Waals surface area contributed by atoms with Crippen molar-refractivity contribution in [3.8, 4) is 11.4 Å². The molecule has 1 aromatic carbocycles. The van der Waals surface area contributed by atoms with Crippen LogP contribution in [-0.4, -0.2) is 83.1 Å². The van der Waals surface area contributed by atoms with Gasteiger partial charge in [-0.05, 0) is 10.4 Å². The predicted molar refractivity (Wildman–Crippen MR) is 93.0 cm³/mol. The summed E-state index contributed by atoms with van der Waals surface area (Å²) < 4.78 is 18.6. The van der Waals surface area contributed by atoms with E-state index >= 15 is 0 Å². The fourth-order valence-electron chi connectivity index (χ4n) is 4.17. The highest BCUT2D eigenvalue weighted by Crippen LogP contribution is 2.35. The Morgan fingerprint density at radius 1 is 1.07 bits per heavy atom. The number of hydrogen-bond donors (Lipinski definition) is 2. The third kappa shape index (κ3) is 3.26. The zero-order valence-corrected chi connectivity index (χ0v) is 15.0. The van der Waals surface area contributed by atoms with Crippen LogP contribution in [0.15, 0.2) is 24.3 Å². The number of nitrogens with one attached hydrogen (secondary N) is 1. The smallest absolute Gasteiger partial charge is 0.182 e. The maximum absolute atomic E-state index is 9.95. The molecule has 0 saturated carbocycles. The van der Waals surface area contributed by atoms with E-state index in [1.165, 1.54) is 5.56 Å². The van der Waals surface area contributed by atoms with Gasteiger partial charge in [0.2, 0.25) is 0 Å². The van der Waals surface area contributed by atoms with E-state index in [0.717, 1.165) is 38.4 Å². The molecule has 3 saturated heterocycles. The summed E-state index contributed by atoms with van der Waals surface area (Å²) in [5, 5.41) is 22.2. The van der Waals surface area contributed by atoms with Crippen LogP contribution in [0, 0.1) is 0 Å². The number of tetrazole rings is 1. The Hall–Kier alpha value is -1.91. The molecule has 4 atom stereocenters. The number of fused-ring (bicyclic) bond motifs is 1. The monoisotopic (exact) mass is 374 g/mol. The molecule has 9 heteroatoms. The largest absolute Gasteiger partial charge is 0.388 e. The molecule has 27 heavy (non-hydrogen) atoms. The minimum atomic E-state index is -0.582. The average Bonchev–Trinajstić information content (AvgIpc) is 3.41. The van der Waals surface area contributed by atoms with Crippen molar-refractivity contribution in [2.75, 3.05) is 39.5 Å². The number of hydrogen-bond acceptors (Lipinski definition) is 7.